The van der Waals surface area contributed by atoms with Crippen LogP contribution < -0.4 is 0 Å². The number of hydrogen-bond donors (Lipinski definition) is 1. The number of carbonyl (C=O) groups excluding carboxylic acids is 1. The molecule has 1 spiro atoms. The highest BCUT2D eigenvalue weighted by atomic mass is 16.3. The second-order valence-corrected chi connectivity index (χ2v) is 9.33. The Balaban J connectivity index is 1.66. The first kappa shape index (κ1) is 15.1. The summed E-state index contributed by atoms with van der Waals surface area (Å²) in [4.78, 5) is 11.9. The van der Waals surface area contributed by atoms with Crippen LogP contribution in [0, 0.1) is 16.2 Å². The highest BCUT2D eigenvalue weighted by Gasteiger charge is 2.63. The molecule has 5 aliphatic rings. The maximum Gasteiger partial charge on any atom is 0.155 e. The number of aliphatic hydroxyl groups excluding tert-OH is 1. The predicted octanol–water partition coefficient (Wildman–Crippen LogP) is 4.64. The third-order valence-electron chi connectivity index (χ3n) is 8.54. The van der Waals surface area contributed by atoms with Crippen molar-refractivity contribution in [2.75, 3.05) is 0 Å². The van der Waals surface area contributed by atoms with Crippen LogP contribution in [0.1, 0.15) is 71.6 Å². The van der Waals surface area contributed by atoms with E-state index in [9.17, 15) is 9.90 Å². The minimum absolute atomic E-state index is 0.0217. The van der Waals surface area contributed by atoms with Gasteiger partial charge in [-0.25, -0.2) is 0 Å². The number of aliphatic hydroxyl groups is 1. The molecule has 128 valence electrons. The molecule has 4 atom stereocenters. The number of carbonyl (C=O) groups is 1. The number of hydrogen-bond acceptors (Lipinski definition) is 2. The van der Waals surface area contributed by atoms with Gasteiger partial charge in [0.15, 0.2) is 5.78 Å². The van der Waals surface area contributed by atoms with Gasteiger partial charge in [-0.15, -0.1) is 0 Å². The summed E-state index contributed by atoms with van der Waals surface area (Å²) in [7, 11) is 0. The summed E-state index contributed by atoms with van der Waals surface area (Å²) in [5.41, 5.74) is 6.45. The summed E-state index contributed by atoms with van der Waals surface area (Å²) < 4.78 is 0. The maximum absolute atomic E-state index is 11.9. The summed E-state index contributed by atoms with van der Waals surface area (Å²) in [6.45, 7) is 4.78. The second kappa shape index (κ2) is 4.52. The van der Waals surface area contributed by atoms with E-state index in [0.29, 0.717) is 12.2 Å². The zero-order valence-corrected chi connectivity index (χ0v) is 15.0. The Morgan fingerprint density at radius 1 is 1.08 bits per heavy atom. The lowest BCUT2D eigenvalue weighted by Crippen LogP contribution is -2.45. The number of rotatable bonds is 0. The van der Waals surface area contributed by atoms with Crippen molar-refractivity contribution in [1.29, 1.82) is 0 Å². The Labute approximate surface area is 144 Å². The highest BCUT2D eigenvalue weighted by molar-refractivity contribution is 5.92. The van der Waals surface area contributed by atoms with Gasteiger partial charge in [-0.2, -0.15) is 0 Å². The van der Waals surface area contributed by atoms with Crippen molar-refractivity contribution < 1.29 is 9.90 Å². The van der Waals surface area contributed by atoms with E-state index in [-0.39, 0.29) is 22.3 Å². The van der Waals surface area contributed by atoms with E-state index in [1.807, 2.05) is 6.08 Å². The van der Waals surface area contributed by atoms with Gasteiger partial charge in [0.25, 0.3) is 0 Å². The highest BCUT2D eigenvalue weighted by Crippen LogP contribution is 2.70. The van der Waals surface area contributed by atoms with Crippen molar-refractivity contribution in [2.24, 2.45) is 16.2 Å². The summed E-state index contributed by atoms with van der Waals surface area (Å²) in [6, 6.07) is 0. The van der Waals surface area contributed by atoms with E-state index in [0.717, 1.165) is 51.4 Å². The molecule has 2 nitrogen and oxygen atoms in total. The fourth-order valence-corrected chi connectivity index (χ4v) is 7.06. The van der Waals surface area contributed by atoms with Gasteiger partial charge in [0.2, 0.25) is 0 Å². The zero-order chi connectivity index (χ0) is 16.7. The Morgan fingerprint density at radius 2 is 1.92 bits per heavy atom. The monoisotopic (exact) mass is 324 g/mol. The van der Waals surface area contributed by atoms with Crippen molar-refractivity contribution in [1.82, 2.24) is 0 Å². The number of ketones is 1. The quantitative estimate of drug-likeness (QED) is 0.704. The van der Waals surface area contributed by atoms with Gasteiger partial charge in [0.1, 0.15) is 0 Å². The molecular weight excluding hydrogens is 296 g/mol. The Morgan fingerprint density at radius 3 is 2.75 bits per heavy atom. The van der Waals surface area contributed by atoms with E-state index in [2.05, 4.69) is 19.9 Å². The second-order valence-electron chi connectivity index (χ2n) is 9.33. The molecule has 5 aliphatic carbocycles. The van der Waals surface area contributed by atoms with Gasteiger partial charge in [-0.3, -0.25) is 4.79 Å². The van der Waals surface area contributed by atoms with Gasteiger partial charge >= 0.3 is 0 Å². The van der Waals surface area contributed by atoms with Gasteiger partial charge in [0.05, 0.1) is 6.10 Å². The molecule has 0 aromatic rings. The normalized spacial score (nSPS) is 46.8. The van der Waals surface area contributed by atoms with Crippen LogP contribution >= 0.6 is 0 Å². The molecule has 0 radical (unpaired) electrons. The van der Waals surface area contributed by atoms with Gasteiger partial charge in [-0.05, 0) is 74.0 Å². The minimum Gasteiger partial charge on any atom is -0.392 e. The van der Waals surface area contributed by atoms with Gasteiger partial charge in [-0.1, -0.05) is 31.1 Å². The SMILES string of the molecule is CC12CCC(=O)C=C1CCC1=C2CCC23C1=CC[C@@]2(C)CCC3O. The Bertz CT molecular complexity index is 739. The fourth-order valence-electron chi connectivity index (χ4n) is 7.06. The van der Waals surface area contributed by atoms with Crippen LogP contribution in [-0.2, 0) is 4.79 Å². The van der Waals surface area contributed by atoms with Crippen molar-refractivity contribution in [3.05, 3.63) is 34.4 Å². The summed E-state index contributed by atoms with van der Waals surface area (Å²) in [5, 5.41) is 11.0. The molecule has 0 amide bonds. The molecule has 0 bridgehead atoms. The molecule has 1 N–H and O–H groups in total. The average molecular weight is 324 g/mol. The van der Waals surface area contributed by atoms with E-state index >= 15 is 0 Å². The lowest BCUT2D eigenvalue weighted by molar-refractivity contribution is -0.115. The molecule has 24 heavy (non-hydrogen) atoms. The molecule has 1 saturated carbocycles. The fraction of sp³-hybridized carbons (Fsp3) is 0.682. The van der Waals surface area contributed by atoms with E-state index < -0.39 is 0 Å². The lowest BCUT2D eigenvalue weighted by Gasteiger charge is -2.52. The first-order valence-electron chi connectivity index (χ1n) is 9.76. The van der Waals surface area contributed by atoms with Crippen molar-refractivity contribution in [3.63, 3.8) is 0 Å². The van der Waals surface area contributed by atoms with Crippen LogP contribution in [0.3, 0.4) is 0 Å². The molecule has 1 fully saturated rings. The summed E-state index contributed by atoms with van der Waals surface area (Å²) in [6.07, 6.45) is 13.5. The van der Waals surface area contributed by atoms with Gasteiger partial charge in [0, 0.05) is 17.3 Å². The lowest BCUT2D eigenvalue weighted by atomic mass is 9.52. The first-order valence-corrected chi connectivity index (χ1v) is 9.76. The predicted molar refractivity (Wildman–Crippen MR) is 94.4 cm³/mol. The van der Waals surface area contributed by atoms with Gasteiger partial charge < -0.3 is 5.11 Å². The topological polar surface area (TPSA) is 37.3 Å². The van der Waals surface area contributed by atoms with Crippen LogP contribution in [0.5, 0.6) is 0 Å². The van der Waals surface area contributed by atoms with Crippen molar-refractivity contribution >= 4 is 5.78 Å². The molecular formula is C22H28O2. The molecule has 0 aromatic carbocycles. The standard InChI is InChI=1S/C22H28O2/c1-20-9-6-18-16-4-3-14-13-15(23)5-11-21(14,2)17(16)7-12-22(18,20)19(24)8-10-20/h6,13,19,24H,3-5,7-12H2,1-2H3/t19?,20-,21?,22?/m0/s1. The smallest absolute Gasteiger partial charge is 0.155 e. The Hall–Kier alpha value is -1.15. The number of fused-ring (bicyclic) bond motifs is 3. The van der Waals surface area contributed by atoms with E-state index in [1.54, 1.807) is 11.1 Å². The van der Waals surface area contributed by atoms with E-state index in [4.69, 9.17) is 0 Å². The first-order chi connectivity index (χ1) is 11.4. The van der Waals surface area contributed by atoms with Crippen LogP contribution in [-0.4, -0.2) is 17.0 Å². The van der Waals surface area contributed by atoms with Crippen LogP contribution in [0.4, 0.5) is 0 Å². The summed E-state index contributed by atoms with van der Waals surface area (Å²) in [5.74, 6) is 0.317. The molecule has 0 aromatic heterocycles. The van der Waals surface area contributed by atoms with Crippen LogP contribution in [0.15, 0.2) is 34.4 Å². The molecule has 3 unspecified atom stereocenters. The summed E-state index contributed by atoms with van der Waals surface area (Å²) >= 11 is 0. The average Bonchev–Trinajstić information content (AvgIpc) is 2.99. The van der Waals surface area contributed by atoms with Crippen molar-refractivity contribution in [2.45, 2.75) is 77.7 Å². The Kier molecular flexibility index (Phi) is 2.85. The zero-order valence-electron chi connectivity index (χ0n) is 15.0. The maximum atomic E-state index is 11.9. The molecule has 0 heterocycles. The van der Waals surface area contributed by atoms with E-state index in [1.165, 1.54) is 11.1 Å². The third-order valence-corrected chi connectivity index (χ3v) is 8.54. The van der Waals surface area contributed by atoms with Crippen LogP contribution in [0.25, 0.3) is 0 Å². The third kappa shape index (κ3) is 1.55. The molecule has 5 rings (SSSR count). The molecule has 2 heteroatoms. The van der Waals surface area contributed by atoms with Crippen LogP contribution in [0.2, 0.25) is 0 Å². The largest absolute Gasteiger partial charge is 0.392 e. The molecule has 0 aliphatic heterocycles. The van der Waals surface area contributed by atoms with Crippen molar-refractivity contribution in [3.8, 4) is 0 Å². The molecule has 0 saturated heterocycles. The number of allylic oxidation sites excluding steroid dienone is 5. The minimum atomic E-state index is -0.164.